The maximum Gasteiger partial charge on any atom is 0.335 e. The van der Waals surface area contributed by atoms with E-state index in [-0.39, 0.29) is 22.9 Å². The summed E-state index contributed by atoms with van der Waals surface area (Å²) in [5, 5.41) is 22.4. The first-order valence-corrected chi connectivity index (χ1v) is 8.05. The number of hydrogen-bond donors (Lipinski definition) is 4. The fourth-order valence-electron chi connectivity index (χ4n) is 2.31. The van der Waals surface area contributed by atoms with E-state index in [2.05, 4.69) is 10.9 Å². The molecule has 0 atom stereocenters. The fourth-order valence-corrected chi connectivity index (χ4v) is 2.31. The van der Waals surface area contributed by atoms with Crippen molar-refractivity contribution in [2.45, 2.75) is 0 Å². The van der Waals surface area contributed by atoms with Crippen molar-refractivity contribution >= 4 is 34.6 Å². The van der Waals surface area contributed by atoms with Crippen LogP contribution < -0.4 is 31.2 Å². The lowest BCUT2D eigenvalue weighted by molar-refractivity contribution is -0.385. The second-order valence-corrected chi connectivity index (χ2v) is 5.39. The number of ether oxygens (including phenoxy) is 2. The third kappa shape index (κ3) is 4.80. The van der Waals surface area contributed by atoms with E-state index in [1.54, 1.807) is 0 Å². The van der Waals surface area contributed by atoms with E-state index in [1.807, 2.05) is 10.9 Å². The summed E-state index contributed by atoms with van der Waals surface area (Å²) in [5.41, 5.74) is 7.32. The van der Waals surface area contributed by atoms with Crippen LogP contribution >= 0.6 is 0 Å². The van der Waals surface area contributed by atoms with E-state index in [0.717, 1.165) is 0 Å². The Morgan fingerprint density at radius 1 is 0.767 bits per heavy atom. The van der Waals surface area contributed by atoms with Gasteiger partial charge in [-0.05, 0) is 24.3 Å². The summed E-state index contributed by atoms with van der Waals surface area (Å²) in [6, 6.07) is 8.15. The first-order valence-electron chi connectivity index (χ1n) is 8.05. The number of rotatable bonds is 8. The van der Waals surface area contributed by atoms with Crippen LogP contribution in [0.5, 0.6) is 11.5 Å². The van der Waals surface area contributed by atoms with Gasteiger partial charge in [-0.3, -0.25) is 51.5 Å². The number of hydrogen-bond acceptors (Lipinski definition) is 10. The van der Waals surface area contributed by atoms with Gasteiger partial charge in [-0.1, -0.05) is 12.1 Å². The number of carbonyl (C=O) groups excluding carboxylic acids is 2. The standard InChI is InChI=1S/C16H16N6O8/c1-29-11-7-3-5-9(13(11)21(25)26)17-19-15(23)16(24)20-18-10-6-4-8-12(30-2)14(10)22(27)28/h3-8,17-18H,1-2H3,(H,19,23)(H,20,24). The molecule has 14 heteroatoms. The van der Waals surface area contributed by atoms with Gasteiger partial charge in [0.05, 0.1) is 24.1 Å². The predicted octanol–water partition coefficient (Wildman–Crippen LogP) is 1.11. The topological polar surface area (TPSA) is 187 Å². The van der Waals surface area contributed by atoms with Gasteiger partial charge in [0.2, 0.25) is 0 Å². The fraction of sp³-hybridized carbons (Fsp3) is 0.125. The number of hydrazine groups is 2. The number of nitro groups is 2. The summed E-state index contributed by atoms with van der Waals surface area (Å²) in [4.78, 5) is 44.8. The molecule has 4 N–H and O–H groups in total. The molecule has 0 aromatic heterocycles. The van der Waals surface area contributed by atoms with Gasteiger partial charge < -0.3 is 9.47 Å². The monoisotopic (exact) mass is 420 g/mol. The molecule has 0 saturated carbocycles. The van der Waals surface area contributed by atoms with Crippen LogP contribution in [-0.4, -0.2) is 35.9 Å². The number of nitrogens with one attached hydrogen (secondary N) is 4. The van der Waals surface area contributed by atoms with E-state index in [4.69, 9.17) is 9.47 Å². The lowest BCUT2D eigenvalue weighted by Crippen LogP contribution is -2.44. The smallest absolute Gasteiger partial charge is 0.335 e. The Labute approximate surface area is 168 Å². The maximum atomic E-state index is 11.9. The first kappa shape index (κ1) is 21.7. The summed E-state index contributed by atoms with van der Waals surface area (Å²) in [7, 11) is 2.48. The molecule has 0 spiro atoms. The van der Waals surface area contributed by atoms with Crippen molar-refractivity contribution in [2.75, 3.05) is 25.1 Å². The van der Waals surface area contributed by atoms with Gasteiger partial charge in [-0.2, -0.15) is 0 Å². The van der Waals surface area contributed by atoms with Crippen molar-refractivity contribution in [2.24, 2.45) is 0 Å². The van der Waals surface area contributed by atoms with Crippen molar-refractivity contribution in [1.29, 1.82) is 0 Å². The number of nitro benzene ring substituents is 2. The molecular formula is C16H16N6O8. The van der Waals surface area contributed by atoms with Crippen LogP contribution in [0.25, 0.3) is 0 Å². The number of anilines is 2. The number of amides is 2. The molecule has 0 heterocycles. The summed E-state index contributed by atoms with van der Waals surface area (Å²) >= 11 is 0. The zero-order valence-electron chi connectivity index (χ0n) is 15.6. The van der Waals surface area contributed by atoms with Gasteiger partial charge in [-0.15, -0.1) is 0 Å². The van der Waals surface area contributed by atoms with E-state index in [0.29, 0.717) is 0 Å². The molecule has 2 aromatic carbocycles. The van der Waals surface area contributed by atoms with E-state index < -0.39 is 33.0 Å². The second kappa shape index (κ2) is 9.54. The van der Waals surface area contributed by atoms with Crippen LogP contribution in [0, 0.1) is 20.2 Å². The van der Waals surface area contributed by atoms with E-state index in [1.165, 1.54) is 50.6 Å². The molecule has 0 radical (unpaired) electrons. The zero-order chi connectivity index (χ0) is 22.3. The van der Waals surface area contributed by atoms with Crippen LogP contribution in [0.4, 0.5) is 22.7 Å². The molecule has 0 fully saturated rings. The molecule has 0 bridgehead atoms. The Balaban J connectivity index is 2.05. The minimum absolute atomic E-state index is 0.0595. The summed E-state index contributed by atoms with van der Waals surface area (Å²) < 4.78 is 9.78. The highest BCUT2D eigenvalue weighted by atomic mass is 16.6. The van der Waals surface area contributed by atoms with Crippen molar-refractivity contribution in [3.8, 4) is 11.5 Å². The molecule has 158 valence electrons. The first-order chi connectivity index (χ1) is 14.3. The Hall–Kier alpha value is -4.62. The van der Waals surface area contributed by atoms with Gasteiger partial charge >= 0.3 is 23.2 Å². The largest absolute Gasteiger partial charge is 0.490 e. The van der Waals surface area contributed by atoms with Crippen LogP contribution in [0.3, 0.4) is 0 Å². The van der Waals surface area contributed by atoms with Crippen LogP contribution in [0.2, 0.25) is 0 Å². The third-order valence-electron chi connectivity index (χ3n) is 3.63. The molecular weight excluding hydrogens is 404 g/mol. The lowest BCUT2D eigenvalue weighted by atomic mass is 10.2. The Morgan fingerprint density at radius 2 is 1.13 bits per heavy atom. The van der Waals surface area contributed by atoms with Gasteiger partial charge in [0.15, 0.2) is 11.5 Å². The second-order valence-electron chi connectivity index (χ2n) is 5.39. The van der Waals surface area contributed by atoms with E-state index >= 15 is 0 Å². The number of para-hydroxylation sites is 2. The number of methoxy groups -OCH3 is 2. The maximum absolute atomic E-state index is 11.9. The molecule has 30 heavy (non-hydrogen) atoms. The SMILES string of the molecule is COc1cccc(NNC(=O)C(=O)NNc2cccc(OC)c2[N+](=O)[O-])c1[N+](=O)[O-]. The molecule has 0 saturated heterocycles. The van der Waals surface area contributed by atoms with Crippen LogP contribution in [-0.2, 0) is 9.59 Å². The highest BCUT2D eigenvalue weighted by Crippen LogP contribution is 2.34. The quantitative estimate of drug-likeness (QED) is 0.274. The minimum atomic E-state index is -1.23. The van der Waals surface area contributed by atoms with Crippen molar-refractivity contribution < 1.29 is 28.9 Å². The van der Waals surface area contributed by atoms with Gasteiger partial charge in [0.25, 0.3) is 0 Å². The molecule has 0 aliphatic rings. The van der Waals surface area contributed by atoms with Crippen LogP contribution in [0.15, 0.2) is 36.4 Å². The predicted molar refractivity (Wildman–Crippen MR) is 103 cm³/mol. The normalized spacial score (nSPS) is 9.80. The number of nitrogens with zero attached hydrogens (tertiary/aromatic N) is 2. The molecule has 0 unspecified atom stereocenters. The van der Waals surface area contributed by atoms with E-state index in [9.17, 15) is 29.8 Å². The van der Waals surface area contributed by atoms with Gasteiger partial charge in [0.1, 0.15) is 11.4 Å². The summed E-state index contributed by atoms with van der Waals surface area (Å²) in [6.07, 6.45) is 0. The molecule has 2 amide bonds. The molecule has 2 aromatic rings. The molecule has 2 rings (SSSR count). The van der Waals surface area contributed by atoms with Crippen molar-refractivity contribution in [3.63, 3.8) is 0 Å². The zero-order valence-corrected chi connectivity index (χ0v) is 15.6. The van der Waals surface area contributed by atoms with Crippen LogP contribution in [0.1, 0.15) is 0 Å². The molecule has 0 aliphatic heterocycles. The molecule has 0 aliphatic carbocycles. The number of carbonyl (C=O) groups is 2. The molecule has 14 nitrogen and oxygen atoms in total. The highest BCUT2D eigenvalue weighted by Gasteiger charge is 2.23. The Bertz CT molecular complexity index is 916. The van der Waals surface area contributed by atoms with Crippen molar-refractivity contribution in [1.82, 2.24) is 10.9 Å². The third-order valence-corrected chi connectivity index (χ3v) is 3.63. The average Bonchev–Trinajstić information content (AvgIpc) is 2.74. The average molecular weight is 420 g/mol. The summed E-state index contributed by atoms with van der Waals surface area (Å²) in [6.45, 7) is 0. The number of benzene rings is 2. The minimum Gasteiger partial charge on any atom is -0.490 e. The highest BCUT2D eigenvalue weighted by molar-refractivity contribution is 6.35. The lowest BCUT2D eigenvalue weighted by Gasteiger charge is -2.12. The Morgan fingerprint density at radius 3 is 1.43 bits per heavy atom. The van der Waals surface area contributed by atoms with Crippen molar-refractivity contribution in [3.05, 3.63) is 56.6 Å². The van der Waals surface area contributed by atoms with Gasteiger partial charge in [-0.25, -0.2) is 0 Å². The van der Waals surface area contributed by atoms with Gasteiger partial charge in [0, 0.05) is 0 Å². The Kier molecular flexibility index (Phi) is 6.89. The summed E-state index contributed by atoms with van der Waals surface area (Å²) in [5.74, 6) is -2.58.